The van der Waals surface area contributed by atoms with Gasteiger partial charge >= 0.3 is 0 Å². The van der Waals surface area contributed by atoms with Crippen LogP contribution in [0.4, 0.5) is 0 Å². The number of rotatable bonds is 5. The molecule has 0 saturated heterocycles. The summed E-state index contributed by atoms with van der Waals surface area (Å²) < 4.78 is 5.56. The van der Waals surface area contributed by atoms with Gasteiger partial charge in [0.2, 0.25) is 5.89 Å². The molecule has 1 aliphatic rings. The van der Waals surface area contributed by atoms with E-state index in [4.69, 9.17) is 4.42 Å². The Balaban J connectivity index is 1.52. The lowest BCUT2D eigenvalue weighted by atomic mass is 9.89. The first kappa shape index (κ1) is 16.6. The lowest BCUT2D eigenvalue weighted by Crippen LogP contribution is -2.41. The van der Waals surface area contributed by atoms with Crippen LogP contribution < -0.4 is 10.6 Å². The van der Waals surface area contributed by atoms with Crippen molar-refractivity contribution < 1.29 is 4.42 Å². The van der Waals surface area contributed by atoms with Crippen LogP contribution in [0.2, 0.25) is 0 Å². The zero-order valence-electron chi connectivity index (χ0n) is 14.5. The van der Waals surface area contributed by atoms with Crippen molar-refractivity contribution in [2.24, 2.45) is 10.4 Å². The lowest BCUT2D eigenvalue weighted by Gasteiger charge is -2.25. The summed E-state index contributed by atoms with van der Waals surface area (Å²) in [5, 5.41) is 6.75. The van der Waals surface area contributed by atoms with Gasteiger partial charge in [0.1, 0.15) is 6.26 Å². The summed E-state index contributed by atoms with van der Waals surface area (Å²) in [4.78, 5) is 8.82. The molecule has 1 saturated carbocycles. The molecule has 24 heavy (non-hydrogen) atoms. The second-order valence-electron chi connectivity index (χ2n) is 6.81. The topological polar surface area (TPSA) is 62.5 Å². The maximum absolute atomic E-state index is 5.56. The van der Waals surface area contributed by atoms with E-state index in [1.165, 1.54) is 25.7 Å². The van der Waals surface area contributed by atoms with Gasteiger partial charge in [-0.2, -0.15) is 0 Å². The van der Waals surface area contributed by atoms with Crippen molar-refractivity contribution in [3.8, 4) is 11.5 Å². The van der Waals surface area contributed by atoms with E-state index in [0.717, 1.165) is 23.8 Å². The lowest BCUT2D eigenvalue weighted by molar-refractivity contribution is 0.334. The number of hydrogen-bond acceptors (Lipinski definition) is 3. The van der Waals surface area contributed by atoms with Gasteiger partial charge in [-0.1, -0.05) is 38.0 Å². The molecule has 3 rings (SSSR count). The van der Waals surface area contributed by atoms with E-state index in [0.29, 0.717) is 17.9 Å². The predicted octanol–water partition coefficient (Wildman–Crippen LogP) is 3.59. The standard InChI is InChI=1S/C19H26N4O/c1-19(10-6-7-11-19)14-22-18(20-2)21-12-16-13-24-17(23-16)15-8-4-3-5-9-15/h3-5,8-9,13H,6-7,10-12,14H2,1-2H3,(H2,20,21,22). The highest BCUT2D eigenvalue weighted by molar-refractivity contribution is 5.79. The number of aromatic nitrogens is 1. The van der Waals surface area contributed by atoms with Crippen molar-refractivity contribution in [2.45, 2.75) is 39.2 Å². The molecule has 2 aromatic rings. The first-order chi connectivity index (χ1) is 11.7. The number of benzene rings is 1. The van der Waals surface area contributed by atoms with E-state index >= 15 is 0 Å². The monoisotopic (exact) mass is 326 g/mol. The van der Waals surface area contributed by atoms with Crippen LogP contribution in [-0.2, 0) is 6.54 Å². The Morgan fingerprint density at radius 2 is 1.96 bits per heavy atom. The average molecular weight is 326 g/mol. The number of oxazole rings is 1. The molecular formula is C19H26N4O. The molecule has 1 aromatic heterocycles. The molecule has 1 heterocycles. The molecule has 0 bridgehead atoms. The quantitative estimate of drug-likeness (QED) is 0.651. The molecule has 0 radical (unpaired) electrons. The highest BCUT2D eigenvalue weighted by Crippen LogP contribution is 2.36. The molecule has 2 N–H and O–H groups in total. The highest BCUT2D eigenvalue weighted by atomic mass is 16.3. The summed E-state index contributed by atoms with van der Waals surface area (Å²) in [6.07, 6.45) is 6.96. The minimum Gasteiger partial charge on any atom is -0.444 e. The third-order valence-corrected chi connectivity index (χ3v) is 4.73. The molecule has 1 fully saturated rings. The van der Waals surface area contributed by atoms with Crippen LogP contribution in [-0.4, -0.2) is 24.5 Å². The molecule has 0 spiro atoms. The van der Waals surface area contributed by atoms with Gasteiger partial charge in [-0.15, -0.1) is 0 Å². The molecule has 0 unspecified atom stereocenters. The summed E-state index contributed by atoms with van der Waals surface area (Å²) in [5.41, 5.74) is 2.25. The van der Waals surface area contributed by atoms with Gasteiger partial charge in [0.15, 0.2) is 5.96 Å². The van der Waals surface area contributed by atoms with E-state index in [1.54, 1.807) is 13.3 Å². The van der Waals surface area contributed by atoms with E-state index < -0.39 is 0 Å². The molecule has 5 nitrogen and oxygen atoms in total. The van der Waals surface area contributed by atoms with Crippen molar-refractivity contribution >= 4 is 5.96 Å². The Kier molecular flexibility index (Phi) is 5.18. The maximum Gasteiger partial charge on any atom is 0.226 e. The first-order valence-corrected chi connectivity index (χ1v) is 8.63. The molecular weight excluding hydrogens is 300 g/mol. The highest BCUT2D eigenvalue weighted by Gasteiger charge is 2.28. The van der Waals surface area contributed by atoms with Crippen molar-refractivity contribution in [2.75, 3.05) is 13.6 Å². The van der Waals surface area contributed by atoms with Crippen molar-refractivity contribution in [1.29, 1.82) is 0 Å². The summed E-state index contributed by atoms with van der Waals surface area (Å²) >= 11 is 0. The Bertz CT molecular complexity index is 672. The van der Waals surface area contributed by atoms with Crippen LogP contribution >= 0.6 is 0 Å². The maximum atomic E-state index is 5.56. The van der Waals surface area contributed by atoms with Crippen LogP contribution in [0.25, 0.3) is 11.5 Å². The molecule has 1 aliphatic carbocycles. The number of guanidine groups is 1. The van der Waals surface area contributed by atoms with Crippen molar-refractivity contribution in [1.82, 2.24) is 15.6 Å². The fourth-order valence-electron chi connectivity index (χ4n) is 3.20. The summed E-state index contributed by atoms with van der Waals surface area (Å²) in [6.45, 7) is 3.90. The van der Waals surface area contributed by atoms with Crippen LogP contribution in [0, 0.1) is 5.41 Å². The first-order valence-electron chi connectivity index (χ1n) is 8.63. The zero-order valence-corrected chi connectivity index (χ0v) is 14.5. The van der Waals surface area contributed by atoms with Crippen LogP contribution in [0.15, 0.2) is 46.0 Å². The summed E-state index contributed by atoms with van der Waals surface area (Å²) in [6, 6.07) is 9.92. The molecule has 128 valence electrons. The van der Waals surface area contributed by atoms with E-state index in [2.05, 4.69) is 27.5 Å². The molecule has 0 amide bonds. The van der Waals surface area contributed by atoms with Crippen molar-refractivity contribution in [3.05, 3.63) is 42.3 Å². The Hall–Kier alpha value is -2.30. The Labute approximate surface area is 143 Å². The SMILES string of the molecule is CN=C(NCc1coc(-c2ccccc2)n1)NCC1(C)CCCC1. The largest absolute Gasteiger partial charge is 0.444 e. The second kappa shape index (κ2) is 7.51. The predicted molar refractivity (Wildman–Crippen MR) is 96.7 cm³/mol. The van der Waals surface area contributed by atoms with Gasteiger partial charge in [-0.3, -0.25) is 4.99 Å². The number of nitrogens with zero attached hydrogens (tertiary/aromatic N) is 2. The van der Waals surface area contributed by atoms with Gasteiger partial charge in [0.05, 0.1) is 12.2 Å². The van der Waals surface area contributed by atoms with Crippen LogP contribution in [0.3, 0.4) is 0 Å². The smallest absolute Gasteiger partial charge is 0.226 e. The van der Waals surface area contributed by atoms with Gasteiger partial charge in [0, 0.05) is 19.2 Å². The van der Waals surface area contributed by atoms with E-state index in [9.17, 15) is 0 Å². The van der Waals surface area contributed by atoms with Gasteiger partial charge in [-0.05, 0) is 30.4 Å². The van der Waals surface area contributed by atoms with Crippen molar-refractivity contribution in [3.63, 3.8) is 0 Å². The number of aliphatic imine (C=N–C) groups is 1. The fourth-order valence-corrected chi connectivity index (χ4v) is 3.20. The average Bonchev–Trinajstić information content (AvgIpc) is 3.26. The molecule has 0 atom stereocenters. The Morgan fingerprint density at radius 3 is 2.67 bits per heavy atom. The zero-order chi connectivity index (χ0) is 16.8. The minimum atomic E-state index is 0.395. The Morgan fingerprint density at radius 1 is 1.21 bits per heavy atom. The molecule has 0 aliphatic heterocycles. The van der Waals surface area contributed by atoms with Gasteiger partial charge < -0.3 is 15.1 Å². The second-order valence-corrected chi connectivity index (χ2v) is 6.81. The summed E-state index contributed by atoms with van der Waals surface area (Å²) in [7, 11) is 1.80. The third-order valence-electron chi connectivity index (χ3n) is 4.73. The molecule has 5 heteroatoms. The normalized spacial score (nSPS) is 17.0. The van der Waals surface area contributed by atoms with E-state index in [1.807, 2.05) is 30.3 Å². The third kappa shape index (κ3) is 4.16. The van der Waals surface area contributed by atoms with Crippen LogP contribution in [0.5, 0.6) is 0 Å². The van der Waals surface area contributed by atoms with E-state index in [-0.39, 0.29) is 0 Å². The number of nitrogens with one attached hydrogen (secondary N) is 2. The van der Waals surface area contributed by atoms with Gasteiger partial charge in [-0.25, -0.2) is 4.98 Å². The number of hydrogen-bond donors (Lipinski definition) is 2. The summed E-state index contributed by atoms with van der Waals surface area (Å²) in [5.74, 6) is 1.46. The van der Waals surface area contributed by atoms with Crippen LogP contribution in [0.1, 0.15) is 38.3 Å². The molecule has 1 aromatic carbocycles. The minimum absolute atomic E-state index is 0.395. The fraction of sp³-hybridized carbons (Fsp3) is 0.474. The van der Waals surface area contributed by atoms with Gasteiger partial charge in [0.25, 0.3) is 0 Å².